The first kappa shape index (κ1) is 14.5. The summed E-state index contributed by atoms with van der Waals surface area (Å²) in [4.78, 5) is 13.3. The highest BCUT2D eigenvalue weighted by Gasteiger charge is 2.27. The summed E-state index contributed by atoms with van der Waals surface area (Å²) < 4.78 is 30.6. The Morgan fingerprint density at radius 2 is 1.96 bits per heavy atom. The zero-order valence-electron chi connectivity index (χ0n) is 15.9. The van der Waals surface area contributed by atoms with Crippen molar-refractivity contribution in [1.82, 2.24) is 0 Å². The molecule has 0 aliphatic rings. The molecule has 0 aliphatic carbocycles. The molecule has 1 unspecified atom stereocenters. The molecule has 5 nitrogen and oxygen atoms in total. The first-order chi connectivity index (χ1) is 13.1. The second-order valence-corrected chi connectivity index (χ2v) is 7.07. The molecule has 7 heteroatoms. The average Bonchev–Trinajstić information content (AvgIpc) is 3.07. The maximum absolute atomic E-state index is 13.3. The molecular formula is C18H14Br2O5. The van der Waals surface area contributed by atoms with E-state index in [1.807, 2.05) is 6.92 Å². The van der Waals surface area contributed by atoms with E-state index < -0.39 is 42.4 Å². The van der Waals surface area contributed by atoms with Gasteiger partial charge in [0.05, 0.1) is 16.3 Å². The smallest absolute Gasteiger partial charge is 0.197 e. The van der Waals surface area contributed by atoms with Crippen LogP contribution in [0.15, 0.2) is 43.6 Å². The molecule has 3 aromatic rings. The minimum Gasteiger partial charge on any atom is -0.508 e. The predicted octanol–water partition coefficient (Wildman–Crippen LogP) is 4.23. The quantitative estimate of drug-likeness (QED) is 0.494. The summed E-state index contributed by atoms with van der Waals surface area (Å²) >= 11 is 6.72. The Kier molecular flexibility index (Phi) is 4.01. The van der Waals surface area contributed by atoms with Crippen LogP contribution >= 0.6 is 31.9 Å². The van der Waals surface area contributed by atoms with Crippen LogP contribution in [-0.2, 0) is 0 Å². The fraction of sp³-hybridized carbons (Fsp3) is 0.167. The van der Waals surface area contributed by atoms with Gasteiger partial charge < -0.3 is 19.7 Å². The molecule has 0 saturated carbocycles. The largest absolute Gasteiger partial charge is 0.508 e. The van der Waals surface area contributed by atoms with Gasteiger partial charge in [0.1, 0.15) is 23.2 Å². The molecule has 0 fully saturated rings. The topological polar surface area (TPSA) is 90.9 Å². The number of carbonyl (C=O) groups is 1. The molecule has 0 radical (unpaired) electrons. The third kappa shape index (κ3) is 3.25. The number of ketones is 1. The summed E-state index contributed by atoms with van der Waals surface area (Å²) in [6.45, 7) is 1.07. The van der Waals surface area contributed by atoms with E-state index in [2.05, 4.69) is 31.9 Å². The van der Waals surface area contributed by atoms with Crippen LogP contribution < -0.4 is 0 Å². The maximum atomic E-state index is 13.3. The Hall–Kier alpha value is -1.67. The molecule has 3 N–H and O–H groups in total. The van der Waals surface area contributed by atoms with Crippen LogP contribution in [-0.4, -0.2) is 27.7 Å². The zero-order valence-corrected chi connectivity index (χ0v) is 16.0. The number of rotatable bonds is 4. The van der Waals surface area contributed by atoms with Gasteiger partial charge >= 0.3 is 0 Å². The number of aliphatic hydroxyl groups excluding tert-OH is 2. The highest BCUT2D eigenvalue weighted by molar-refractivity contribution is 9.11. The number of fused-ring (bicyclic) bond motifs is 1. The number of hydrogen-bond acceptors (Lipinski definition) is 5. The lowest BCUT2D eigenvalue weighted by Gasteiger charge is -2.09. The minimum absolute atomic E-state index is 0.173. The normalized spacial score (nSPS) is 14.2. The second-order valence-electron chi connectivity index (χ2n) is 5.36. The van der Waals surface area contributed by atoms with Crippen molar-refractivity contribution >= 4 is 48.6 Å². The third-order valence-electron chi connectivity index (χ3n) is 3.72. The van der Waals surface area contributed by atoms with Gasteiger partial charge in [0.15, 0.2) is 5.78 Å². The number of furan rings is 1. The monoisotopic (exact) mass is 471 g/mol. The van der Waals surface area contributed by atoms with Gasteiger partial charge in [-0.2, -0.15) is 0 Å². The van der Waals surface area contributed by atoms with Crippen molar-refractivity contribution in [3.63, 3.8) is 0 Å². The summed E-state index contributed by atoms with van der Waals surface area (Å²) in [6.07, 6.45) is -1.58. The van der Waals surface area contributed by atoms with Crippen molar-refractivity contribution in [2.75, 3.05) is 6.61 Å². The summed E-state index contributed by atoms with van der Waals surface area (Å²) in [5, 5.41) is 29.2. The standard InChI is InChI=1S/C18H14Br2O5/c1-8-12(19)4-9(5-13(8)20)17(24)16-11-3-2-10(22)6-15(11)25-18(16)14(23)7-21/h2-6,14,21-23H,7H2,1H3/i2D,3D,6D. The number of benzene rings is 2. The Balaban J connectivity index is 2.40. The number of phenols is 1. The Labute approximate surface area is 164 Å². The van der Waals surface area contributed by atoms with Gasteiger partial charge in [0, 0.05) is 25.9 Å². The fourth-order valence-corrected chi connectivity index (χ4v) is 3.57. The number of halogens is 2. The molecule has 0 spiro atoms. The number of phenolic OH excluding ortho intramolecular Hbond substituents is 1. The van der Waals surface area contributed by atoms with Crippen LogP contribution in [0.5, 0.6) is 5.75 Å². The highest BCUT2D eigenvalue weighted by Crippen LogP contribution is 2.35. The minimum atomic E-state index is -1.58. The van der Waals surface area contributed by atoms with Crippen molar-refractivity contribution in [3.8, 4) is 5.75 Å². The molecule has 25 heavy (non-hydrogen) atoms. The van der Waals surface area contributed by atoms with E-state index in [-0.39, 0.29) is 27.9 Å². The van der Waals surface area contributed by atoms with Crippen molar-refractivity contribution in [2.45, 2.75) is 13.0 Å². The predicted molar refractivity (Wildman–Crippen MR) is 99.9 cm³/mol. The molecular weight excluding hydrogens is 456 g/mol. The van der Waals surface area contributed by atoms with Crippen LogP contribution in [0.4, 0.5) is 0 Å². The van der Waals surface area contributed by atoms with Crippen LogP contribution in [0.25, 0.3) is 11.0 Å². The van der Waals surface area contributed by atoms with E-state index in [1.165, 1.54) is 0 Å². The first-order valence-electron chi connectivity index (χ1n) is 8.64. The Bertz CT molecular complexity index is 1100. The lowest BCUT2D eigenvalue weighted by molar-refractivity contribution is 0.0768. The van der Waals surface area contributed by atoms with Gasteiger partial charge in [0.25, 0.3) is 0 Å². The van der Waals surface area contributed by atoms with E-state index in [1.54, 1.807) is 12.1 Å². The summed E-state index contributed by atoms with van der Waals surface area (Å²) in [6, 6.07) is 1.39. The zero-order chi connectivity index (χ0) is 20.9. The Morgan fingerprint density at radius 3 is 2.56 bits per heavy atom. The van der Waals surface area contributed by atoms with E-state index in [0.29, 0.717) is 8.95 Å². The van der Waals surface area contributed by atoms with Gasteiger partial charge in [-0.15, -0.1) is 0 Å². The average molecular weight is 473 g/mol. The SMILES string of the molecule is [2H]c1c(O)c([2H])c2oc(C(O)CO)c(C(=O)c3cc(Br)c(C)c(Br)c3)c2c1[2H]. The lowest BCUT2D eigenvalue weighted by Crippen LogP contribution is -2.09. The van der Waals surface area contributed by atoms with Crippen molar-refractivity contribution in [1.29, 1.82) is 0 Å². The van der Waals surface area contributed by atoms with Crippen molar-refractivity contribution in [2.24, 2.45) is 0 Å². The lowest BCUT2D eigenvalue weighted by atomic mass is 9.98. The Morgan fingerprint density at radius 1 is 1.32 bits per heavy atom. The van der Waals surface area contributed by atoms with Crippen LogP contribution in [0.3, 0.4) is 0 Å². The maximum Gasteiger partial charge on any atom is 0.197 e. The number of hydrogen-bond donors (Lipinski definition) is 3. The molecule has 1 atom stereocenters. The molecule has 0 saturated heterocycles. The summed E-state index contributed by atoms with van der Waals surface area (Å²) in [5.74, 6) is -1.72. The summed E-state index contributed by atoms with van der Waals surface area (Å²) in [7, 11) is 0. The van der Waals surface area contributed by atoms with E-state index in [0.717, 1.165) is 5.56 Å². The molecule has 1 heterocycles. The van der Waals surface area contributed by atoms with Gasteiger partial charge in [-0.3, -0.25) is 4.79 Å². The second kappa shape index (κ2) is 6.92. The molecule has 2 aromatic carbocycles. The molecule has 0 bridgehead atoms. The van der Waals surface area contributed by atoms with Gasteiger partial charge in [-0.25, -0.2) is 0 Å². The number of carbonyl (C=O) groups excluding carboxylic acids is 1. The van der Waals surface area contributed by atoms with Crippen molar-refractivity contribution < 1.29 is 28.6 Å². The molecule has 0 aliphatic heterocycles. The molecule has 3 rings (SSSR count). The van der Waals surface area contributed by atoms with E-state index in [4.69, 9.17) is 8.53 Å². The molecule has 1 aromatic heterocycles. The molecule has 0 amide bonds. The van der Waals surface area contributed by atoms with Crippen LogP contribution in [0.2, 0.25) is 0 Å². The molecule has 130 valence electrons. The fourth-order valence-electron chi connectivity index (χ4n) is 2.38. The van der Waals surface area contributed by atoms with Gasteiger partial charge in [-0.05, 0) is 36.7 Å². The van der Waals surface area contributed by atoms with Gasteiger partial charge in [-0.1, -0.05) is 31.9 Å². The number of aliphatic hydroxyl groups is 2. The number of aromatic hydroxyl groups is 1. The van der Waals surface area contributed by atoms with E-state index >= 15 is 0 Å². The van der Waals surface area contributed by atoms with E-state index in [9.17, 15) is 20.1 Å². The summed E-state index contributed by atoms with van der Waals surface area (Å²) in [5.41, 5.74) is 0.516. The van der Waals surface area contributed by atoms with Crippen molar-refractivity contribution in [3.05, 3.63) is 61.7 Å². The van der Waals surface area contributed by atoms with Crippen LogP contribution in [0, 0.1) is 6.92 Å². The van der Waals surface area contributed by atoms with Crippen LogP contribution in [0.1, 0.15) is 37.5 Å². The third-order valence-corrected chi connectivity index (χ3v) is 5.37. The highest BCUT2D eigenvalue weighted by atomic mass is 79.9. The van der Waals surface area contributed by atoms with Gasteiger partial charge in [0.2, 0.25) is 0 Å². The first-order valence-corrected chi connectivity index (χ1v) is 8.73.